The van der Waals surface area contributed by atoms with E-state index in [1.807, 2.05) is 29.8 Å². The monoisotopic (exact) mass is 352 g/mol. The van der Waals surface area contributed by atoms with Crippen LogP contribution in [0.1, 0.15) is 32.3 Å². The zero-order valence-electron chi connectivity index (χ0n) is 15.9. The SMILES string of the molecule is Cc1cncc(N(C)C2CN(c3ccc4nnc(C(C)(C)C)n4n3)C2)n1. The molecule has 0 saturated carbocycles. The number of aromatic nitrogens is 6. The molecule has 4 rings (SSSR count). The molecule has 1 saturated heterocycles. The Morgan fingerprint density at radius 2 is 1.88 bits per heavy atom. The average molecular weight is 352 g/mol. The smallest absolute Gasteiger partial charge is 0.178 e. The lowest BCUT2D eigenvalue weighted by molar-refractivity contribution is 0.482. The molecule has 0 atom stereocenters. The van der Waals surface area contributed by atoms with Crippen molar-refractivity contribution in [3.05, 3.63) is 36.0 Å². The van der Waals surface area contributed by atoms with E-state index in [1.54, 1.807) is 6.20 Å². The van der Waals surface area contributed by atoms with Gasteiger partial charge >= 0.3 is 0 Å². The Labute approximate surface area is 152 Å². The molecule has 4 heterocycles. The Balaban J connectivity index is 1.52. The third-order valence-corrected chi connectivity index (χ3v) is 4.76. The lowest BCUT2D eigenvalue weighted by atomic mass is 9.96. The van der Waals surface area contributed by atoms with E-state index in [2.05, 4.69) is 57.8 Å². The van der Waals surface area contributed by atoms with Crippen LogP contribution in [0.4, 0.5) is 11.6 Å². The van der Waals surface area contributed by atoms with Crippen LogP contribution in [0.2, 0.25) is 0 Å². The first-order valence-electron chi connectivity index (χ1n) is 8.82. The summed E-state index contributed by atoms with van der Waals surface area (Å²) in [5.74, 6) is 2.73. The number of fused-ring (bicyclic) bond motifs is 1. The van der Waals surface area contributed by atoms with E-state index < -0.39 is 0 Å². The summed E-state index contributed by atoms with van der Waals surface area (Å²) in [5.41, 5.74) is 1.61. The lowest BCUT2D eigenvalue weighted by Crippen LogP contribution is -2.59. The number of nitrogens with zero attached hydrogens (tertiary/aromatic N) is 8. The fraction of sp³-hybridized carbons (Fsp3) is 0.500. The van der Waals surface area contributed by atoms with Crippen LogP contribution >= 0.6 is 0 Å². The molecule has 0 unspecified atom stereocenters. The van der Waals surface area contributed by atoms with Crippen molar-refractivity contribution in [3.8, 4) is 0 Å². The Morgan fingerprint density at radius 1 is 1.12 bits per heavy atom. The maximum Gasteiger partial charge on any atom is 0.178 e. The van der Waals surface area contributed by atoms with Crippen molar-refractivity contribution >= 4 is 17.3 Å². The predicted molar refractivity (Wildman–Crippen MR) is 101 cm³/mol. The molecule has 26 heavy (non-hydrogen) atoms. The van der Waals surface area contributed by atoms with Gasteiger partial charge in [-0.2, -0.15) is 4.52 Å². The summed E-state index contributed by atoms with van der Waals surface area (Å²) in [4.78, 5) is 13.2. The Hall–Kier alpha value is -2.77. The Morgan fingerprint density at radius 3 is 2.58 bits per heavy atom. The van der Waals surface area contributed by atoms with E-state index in [9.17, 15) is 0 Å². The highest BCUT2D eigenvalue weighted by atomic mass is 15.4. The maximum atomic E-state index is 4.78. The second-order valence-electron chi connectivity index (χ2n) is 7.92. The van der Waals surface area contributed by atoms with Gasteiger partial charge in [0, 0.05) is 31.7 Å². The normalized spacial score (nSPS) is 15.3. The van der Waals surface area contributed by atoms with Crippen LogP contribution in [0, 0.1) is 6.92 Å². The molecule has 0 N–H and O–H groups in total. The van der Waals surface area contributed by atoms with E-state index in [0.29, 0.717) is 6.04 Å². The van der Waals surface area contributed by atoms with Crippen LogP contribution in [0.25, 0.3) is 5.65 Å². The molecule has 0 aromatic carbocycles. The molecule has 0 amide bonds. The molecule has 0 radical (unpaired) electrons. The first-order chi connectivity index (χ1) is 12.3. The van der Waals surface area contributed by atoms with E-state index in [-0.39, 0.29) is 5.41 Å². The van der Waals surface area contributed by atoms with Crippen molar-refractivity contribution in [3.63, 3.8) is 0 Å². The number of hydrogen-bond donors (Lipinski definition) is 0. The summed E-state index contributed by atoms with van der Waals surface area (Å²) in [7, 11) is 2.07. The number of aryl methyl sites for hydroxylation is 1. The average Bonchev–Trinajstić information content (AvgIpc) is 2.97. The highest BCUT2D eigenvalue weighted by Gasteiger charge is 2.32. The summed E-state index contributed by atoms with van der Waals surface area (Å²) >= 11 is 0. The fourth-order valence-electron chi connectivity index (χ4n) is 3.11. The Bertz CT molecular complexity index is 936. The van der Waals surface area contributed by atoms with E-state index in [1.165, 1.54) is 0 Å². The first kappa shape index (κ1) is 16.7. The molecule has 1 aliphatic heterocycles. The molecule has 136 valence electrons. The standard InChI is InChI=1S/C18H24N8/c1-12-8-19-9-16(20-12)24(5)13-10-25(11-13)15-7-6-14-21-22-17(18(2,3)4)26(14)23-15/h6-9,13H,10-11H2,1-5H3. The minimum Gasteiger partial charge on any atom is -0.352 e. The minimum atomic E-state index is -0.105. The van der Waals surface area contributed by atoms with Crippen molar-refractivity contribution in [1.82, 2.24) is 29.8 Å². The van der Waals surface area contributed by atoms with Gasteiger partial charge in [-0.05, 0) is 19.1 Å². The van der Waals surface area contributed by atoms with Gasteiger partial charge in [0.15, 0.2) is 11.5 Å². The molecule has 1 fully saturated rings. The van der Waals surface area contributed by atoms with Crippen LogP contribution in [0.5, 0.6) is 0 Å². The molecule has 0 aliphatic carbocycles. The summed E-state index contributed by atoms with van der Waals surface area (Å²) in [6.45, 7) is 10.1. The van der Waals surface area contributed by atoms with Crippen molar-refractivity contribution in [2.45, 2.75) is 39.2 Å². The third-order valence-electron chi connectivity index (χ3n) is 4.76. The van der Waals surface area contributed by atoms with Gasteiger partial charge in [0.1, 0.15) is 11.6 Å². The van der Waals surface area contributed by atoms with Gasteiger partial charge in [-0.3, -0.25) is 4.98 Å². The largest absolute Gasteiger partial charge is 0.352 e. The van der Waals surface area contributed by atoms with Crippen molar-refractivity contribution in [1.29, 1.82) is 0 Å². The van der Waals surface area contributed by atoms with Gasteiger partial charge in [-0.1, -0.05) is 20.8 Å². The van der Waals surface area contributed by atoms with Crippen LogP contribution in [-0.4, -0.2) is 56.0 Å². The number of rotatable bonds is 3. The second-order valence-corrected chi connectivity index (χ2v) is 7.92. The van der Waals surface area contributed by atoms with Gasteiger partial charge in [-0.25, -0.2) is 4.98 Å². The van der Waals surface area contributed by atoms with Gasteiger partial charge < -0.3 is 9.80 Å². The minimum absolute atomic E-state index is 0.105. The zero-order valence-corrected chi connectivity index (χ0v) is 15.9. The van der Waals surface area contributed by atoms with Gasteiger partial charge in [0.05, 0.1) is 17.9 Å². The number of hydrogen-bond acceptors (Lipinski definition) is 7. The molecule has 8 heteroatoms. The highest BCUT2D eigenvalue weighted by molar-refractivity contribution is 5.50. The van der Waals surface area contributed by atoms with Crippen LogP contribution in [0.3, 0.4) is 0 Å². The molecule has 0 bridgehead atoms. The summed E-state index contributed by atoms with van der Waals surface area (Å²) < 4.78 is 1.86. The van der Waals surface area contributed by atoms with E-state index in [0.717, 1.165) is 41.9 Å². The highest BCUT2D eigenvalue weighted by Crippen LogP contribution is 2.26. The molecule has 0 spiro atoms. The first-order valence-corrected chi connectivity index (χ1v) is 8.82. The van der Waals surface area contributed by atoms with E-state index in [4.69, 9.17) is 5.10 Å². The van der Waals surface area contributed by atoms with Gasteiger partial charge in [0.25, 0.3) is 0 Å². The molecular weight excluding hydrogens is 328 g/mol. The summed E-state index contributed by atoms with van der Waals surface area (Å²) in [6.07, 6.45) is 3.59. The van der Waals surface area contributed by atoms with Gasteiger partial charge in [-0.15, -0.1) is 15.3 Å². The maximum absolute atomic E-state index is 4.78. The molecule has 8 nitrogen and oxygen atoms in total. The lowest BCUT2D eigenvalue weighted by Gasteiger charge is -2.44. The zero-order chi connectivity index (χ0) is 18.5. The molecular formula is C18H24N8. The second kappa shape index (κ2) is 5.89. The Kier molecular flexibility index (Phi) is 3.78. The third kappa shape index (κ3) is 2.85. The van der Waals surface area contributed by atoms with Crippen LogP contribution in [0.15, 0.2) is 24.5 Å². The van der Waals surface area contributed by atoms with E-state index >= 15 is 0 Å². The van der Waals surface area contributed by atoms with Crippen LogP contribution in [-0.2, 0) is 5.41 Å². The number of anilines is 2. The summed E-state index contributed by atoms with van der Waals surface area (Å²) in [6, 6.07) is 4.39. The molecule has 1 aliphatic rings. The van der Waals surface area contributed by atoms with Gasteiger partial charge in [0.2, 0.25) is 0 Å². The van der Waals surface area contributed by atoms with Crippen molar-refractivity contribution in [2.24, 2.45) is 0 Å². The van der Waals surface area contributed by atoms with Crippen molar-refractivity contribution < 1.29 is 0 Å². The predicted octanol–water partition coefficient (Wildman–Crippen LogP) is 1.85. The molecule has 3 aromatic rings. The summed E-state index contributed by atoms with van der Waals surface area (Å²) in [5, 5.41) is 13.3. The quantitative estimate of drug-likeness (QED) is 0.712. The topological polar surface area (TPSA) is 75.3 Å². The fourth-order valence-corrected chi connectivity index (χ4v) is 3.11. The number of likely N-dealkylation sites (N-methyl/N-ethyl adjacent to an activating group) is 1. The molecule has 3 aromatic heterocycles. The van der Waals surface area contributed by atoms with Crippen LogP contribution < -0.4 is 9.80 Å². The van der Waals surface area contributed by atoms with Crippen molar-refractivity contribution in [2.75, 3.05) is 29.9 Å².